The Kier molecular flexibility index (Phi) is 5.09. The summed E-state index contributed by atoms with van der Waals surface area (Å²) in [6, 6.07) is 0.441. The summed E-state index contributed by atoms with van der Waals surface area (Å²) in [6.45, 7) is 8.87. The Labute approximate surface area is 93.2 Å². The van der Waals surface area contributed by atoms with Crippen molar-refractivity contribution in [2.24, 2.45) is 5.92 Å². The van der Waals surface area contributed by atoms with E-state index in [1.165, 1.54) is 6.42 Å². The Hall–Kier alpha value is -0.570. The molecule has 1 aliphatic heterocycles. The first kappa shape index (κ1) is 12.5. The van der Waals surface area contributed by atoms with E-state index in [0.29, 0.717) is 18.5 Å². The quantitative estimate of drug-likeness (QED) is 0.768. The van der Waals surface area contributed by atoms with Crippen molar-refractivity contribution >= 4 is 5.91 Å². The van der Waals surface area contributed by atoms with Crippen molar-refractivity contribution in [3.05, 3.63) is 0 Å². The zero-order valence-corrected chi connectivity index (χ0v) is 10.3. The van der Waals surface area contributed by atoms with E-state index in [9.17, 15) is 4.79 Å². The minimum Gasteiger partial charge on any atom is -0.341 e. The molecule has 0 aromatic heterocycles. The number of carbonyl (C=O) groups excluding carboxylic acids is 1. The molecule has 1 rings (SSSR count). The van der Waals surface area contributed by atoms with Crippen LogP contribution in [0.4, 0.5) is 0 Å². The standard InChI is InChI=1S/C12H24N2O/c1-4-11(3)13-8-12(15)14-7-5-6-10(2)9-14/h10-11,13H,4-9H2,1-3H3. The molecular weight excluding hydrogens is 188 g/mol. The van der Waals surface area contributed by atoms with Crippen LogP contribution in [-0.2, 0) is 4.79 Å². The Morgan fingerprint density at radius 3 is 2.93 bits per heavy atom. The maximum atomic E-state index is 11.8. The maximum Gasteiger partial charge on any atom is 0.236 e. The highest BCUT2D eigenvalue weighted by molar-refractivity contribution is 5.78. The predicted molar refractivity (Wildman–Crippen MR) is 62.7 cm³/mol. The normalized spacial score (nSPS) is 23.9. The van der Waals surface area contributed by atoms with Crippen molar-refractivity contribution in [2.75, 3.05) is 19.6 Å². The van der Waals surface area contributed by atoms with Crippen LogP contribution in [0.5, 0.6) is 0 Å². The second-order valence-electron chi connectivity index (χ2n) is 4.78. The zero-order chi connectivity index (χ0) is 11.3. The van der Waals surface area contributed by atoms with Crippen molar-refractivity contribution in [1.29, 1.82) is 0 Å². The van der Waals surface area contributed by atoms with Crippen molar-refractivity contribution in [2.45, 2.75) is 46.1 Å². The van der Waals surface area contributed by atoms with E-state index < -0.39 is 0 Å². The van der Waals surface area contributed by atoms with Gasteiger partial charge in [-0.2, -0.15) is 0 Å². The third kappa shape index (κ3) is 4.20. The topological polar surface area (TPSA) is 32.3 Å². The highest BCUT2D eigenvalue weighted by Gasteiger charge is 2.20. The van der Waals surface area contributed by atoms with Crippen molar-refractivity contribution in [3.8, 4) is 0 Å². The molecule has 1 fully saturated rings. The summed E-state index contributed by atoms with van der Waals surface area (Å²) >= 11 is 0. The van der Waals surface area contributed by atoms with Gasteiger partial charge in [0.2, 0.25) is 5.91 Å². The van der Waals surface area contributed by atoms with Gasteiger partial charge in [0.1, 0.15) is 0 Å². The first-order valence-electron chi connectivity index (χ1n) is 6.14. The Morgan fingerprint density at radius 1 is 1.60 bits per heavy atom. The van der Waals surface area contributed by atoms with Gasteiger partial charge in [-0.05, 0) is 32.1 Å². The van der Waals surface area contributed by atoms with Crippen LogP contribution in [0.15, 0.2) is 0 Å². The van der Waals surface area contributed by atoms with Gasteiger partial charge in [0.05, 0.1) is 6.54 Å². The molecule has 0 radical (unpaired) electrons. The molecular formula is C12H24N2O. The van der Waals surface area contributed by atoms with Crippen LogP contribution < -0.4 is 5.32 Å². The molecule has 15 heavy (non-hydrogen) atoms. The molecule has 0 bridgehead atoms. The summed E-state index contributed by atoms with van der Waals surface area (Å²) in [6.07, 6.45) is 3.50. The van der Waals surface area contributed by atoms with E-state index in [-0.39, 0.29) is 5.91 Å². The van der Waals surface area contributed by atoms with Gasteiger partial charge in [-0.3, -0.25) is 4.79 Å². The minimum absolute atomic E-state index is 0.266. The van der Waals surface area contributed by atoms with E-state index in [0.717, 1.165) is 25.9 Å². The molecule has 1 saturated heterocycles. The fraction of sp³-hybridized carbons (Fsp3) is 0.917. The van der Waals surface area contributed by atoms with Crippen LogP contribution in [0.1, 0.15) is 40.0 Å². The molecule has 1 aliphatic rings. The molecule has 3 heteroatoms. The molecule has 3 nitrogen and oxygen atoms in total. The Morgan fingerprint density at radius 2 is 2.33 bits per heavy atom. The monoisotopic (exact) mass is 212 g/mol. The number of amides is 1. The number of piperidine rings is 1. The van der Waals surface area contributed by atoms with E-state index in [1.54, 1.807) is 0 Å². The smallest absolute Gasteiger partial charge is 0.236 e. The summed E-state index contributed by atoms with van der Waals surface area (Å²) in [5, 5.41) is 3.25. The lowest BCUT2D eigenvalue weighted by atomic mass is 10.0. The Bertz CT molecular complexity index is 206. The van der Waals surface area contributed by atoms with Crippen LogP contribution in [0, 0.1) is 5.92 Å². The third-order valence-electron chi connectivity index (χ3n) is 3.22. The highest BCUT2D eigenvalue weighted by Crippen LogP contribution is 2.15. The number of hydrogen-bond donors (Lipinski definition) is 1. The first-order chi connectivity index (χ1) is 7.13. The molecule has 2 unspecified atom stereocenters. The van der Waals surface area contributed by atoms with Crippen LogP contribution in [-0.4, -0.2) is 36.5 Å². The largest absolute Gasteiger partial charge is 0.341 e. The zero-order valence-electron chi connectivity index (χ0n) is 10.3. The maximum absolute atomic E-state index is 11.8. The molecule has 0 aromatic carbocycles. The van der Waals surface area contributed by atoms with Gasteiger partial charge in [0.15, 0.2) is 0 Å². The lowest BCUT2D eigenvalue weighted by Crippen LogP contribution is -2.44. The third-order valence-corrected chi connectivity index (χ3v) is 3.22. The lowest BCUT2D eigenvalue weighted by molar-refractivity contribution is -0.132. The van der Waals surface area contributed by atoms with Crippen molar-refractivity contribution in [1.82, 2.24) is 10.2 Å². The highest BCUT2D eigenvalue weighted by atomic mass is 16.2. The van der Waals surface area contributed by atoms with Crippen LogP contribution >= 0.6 is 0 Å². The first-order valence-corrected chi connectivity index (χ1v) is 6.14. The molecule has 1 N–H and O–H groups in total. The molecule has 0 saturated carbocycles. The summed E-state index contributed by atoms with van der Waals surface area (Å²) in [4.78, 5) is 13.8. The average Bonchev–Trinajstić information content (AvgIpc) is 2.25. The Balaban J connectivity index is 2.26. The summed E-state index contributed by atoms with van der Waals surface area (Å²) in [5.74, 6) is 0.938. The lowest BCUT2D eigenvalue weighted by Gasteiger charge is -2.31. The molecule has 1 heterocycles. The molecule has 0 aliphatic carbocycles. The number of rotatable bonds is 4. The van der Waals surface area contributed by atoms with Crippen LogP contribution in [0.2, 0.25) is 0 Å². The summed E-state index contributed by atoms with van der Waals surface area (Å²) < 4.78 is 0. The average molecular weight is 212 g/mol. The van der Waals surface area contributed by atoms with Gasteiger partial charge >= 0.3 is 0 Å². The number of nitrogens with zero attached hydrogens (tertiary/aromatic N) is 1. The fourth-order valence-corrected chi connectivity index (χ4v) is 1.93. The molecule has 2 atom stereocenters. The van der Waals surface area contributed by atoms with Gasteiger partial charge < -0.3 is 10.2 Å². The van der Waals surface area contributed by atoms with Crippen LogP contribution in [0.25, 0.3) is 0 Å². The number of carbonyl (C=O) groups is 1. The number of hydrogen-bond acceptors (Lipinski definition) is 2. The number of nitrogens with one attached hydrogen (secondary N) is 1. The molecule has 1 amide bonds. The fourth-order valence-electron chi connectivity index (χ4n) is 1.93. The van der Waals surface area contributed by atoms with Crippen LogP contribution in [0.3, 0.4) is 0 Å². The molecule has 88 valence electrons. The van der Waals surface area contributed by atoms with E-state index >= 15 is 0 Å². The summed E-state index contributed by atoms with van der Waals surface area (Å²) in [7, 11) is 0. The molecule has 0 spiro atoms. The minimum atomic E-state index is 0.266. The van der Waals surface area contributed by atoms with Gasteiger partial charge in [-0.15, -0.1) is 0 Å². The van der Waals surface area contributed by atoms with Crippen molar-refractivity contribution < 1.29 is 4.79 Å². The van der Waals surface area contributed by atoms with E-state index in [2.05, 4.69) is 26.1 Å². The van der Waals surface area contributed by atoms with Gasteiger partial charge in [-0.25, -0.2) is 0 Å². The van der Waals surface area contributed by atoms with Gasteiger partial charge in [0.25, 0.3) is 0 Å². The van der Waals surface area contributed by atoms with E-state index in [4.69, 9.17) is 0 Å². The second kappa shape index (κ2) is 6.11. The van der Waals surface area contributed by atoms with Gasteiger partial charge in [-0.1, -0.05) is 13.8 Å². The number of likely N-dealkylation sites (tertiary alicyclic amines) is 1. The molecule has 0 aromatic rings. The van der Waals surface area contributed by atoms with Crippen molar-refractivity contribution in [3.63, 3.8) is 0 Å². The second-order valence-corrected chi connectivity index (χ2v) is 4.78. The van der Waals surface area contributed by atoms with Gasteiger partial charge in [0, 0.05) is 19.1 Å². The summed E-state index contributed by atoms with van der Waals surface area (Å²) in [5.41, 5.74) is 0. The predicted octanol–water partition coefficient (Wildman–Crippen LogP) is 1.63. The van der Waals surface area contributed by atoms with E-state index in [1.807, 2.05) is 4.90 Å². The SMILES string of the molecule is CCC(C)NCC(=O)N1CCCC(C)C1.